The molecule has 26 heavy (non-hydrogen) atoms. The lowest BCUT2D eigenvalue weighted by Crippen LogP contribution is -2.26. The molecule has 2 aromatic heterocycles. The molecular weight excluding hydrogens is 349 g/mol. The van der Waals surface area contributed by atoms with Crippen LogP contribution < -0.4 is 5.32 Å². The number of anilines is 1. The van der Waals surface area contributed by atoms with Crippen LogP contribution in [0.3, 0.4) is 0 Å². The molecule has 2 unspecified atom stereocenters. The van der Waals surface area contributed by atoms with E-state index in [0.29, 0.717) is 25.4 Å². The van der Waals surface area contributed by atoms with Crippen molar-refractivity contribution in [2.45, 2.75) is 31.7 Å². The molecule has 3 rings (SSSR count). The van der Waals surface area contributed by atoms with Crippen molar-refractivity contribution in [3.63, 3.8) is 0 Å². The maximum absolute atomic E-state index is 13.2. The van der Waals surface area contributed by atoms with Crippen molar-refractivity contribution < 1.29 is 22.6 Å². The van der Waals surface area contributed by atoms with Crippen molar-refractivity contribution in [2.24, 2.45) is 0 Å². The van der Waals surface area contributed by atoms with Gasteiger partial charge in [0.1, 0.15) is 5.82 Å². The van der Waals surface area contributed by atoms with Gasteiger partial charge in [-0.3, -0.25) is 4.98 Å². The Kier molecular flexibility index (Phi) is 5.67. The second kappa shape index (κ2) is 7.96. The third-order valence-electron chi connectivity index (χ3n) is 3.80. The first-order valence-corrected chi connectivity index (χ1v) is 8.24. The van der Waals surface area contributed by atoms with Crippen LogP contribution in [0.2, 0.25) is 0 Å². The molecular formula is C17H19F3N4O2. The number of nitrogens with one attached hydrogen (secondary N) is 1. The Morgan fingerprint density at radius 2 is 2.23 bits per heavy atom. The van der Waals surface area contributed by atoms with Gasteiger partial charge in [-0.1, -0.05) is 0 Å². The van der Waals surface area contributed by atoms with Gasteiger partial charge < -0.3 is 14.8 Å². The highest BCUT2D eigenvalue weighted by atomic mass is 19.4. The fraction of sp³-hybridized carbons (Fsp3) is 0.471. The van der Waals surface area contributed by atoms with Crippen LogP contribution in [0.15, 0.2) is 30.6 Å². The zero-order valence-corrected chi connectivity index (χ0v) is 14.2. The molecule has 0 spiro atoms. The van der Waals surface area contributed by atoms with E-state index in [-0.39, 0.29) is 23.8 Å². The van der Waals surface area contributed by atoms with E-state index in [2.05, 4.69) is 20.3 Å². The lowest BCUT2D eigenvalue weighted by Gasteiger charge is -2.18. The van der Waals surface area contributed by atoms with Gasteiger partial charge in [0, 0.05) is 36.7 Å². The Morgan fingerprint density at radius 3 is 2.88 bits per heavy atom. The minimum Gasteiger partial charge on any atom is -0.379 e. The predicted octanol–water partition coefficient (Wildman–Crippen LogP) is 3.16. The maximum Gasteiger partial charge on any atom is 0.433 e. The van der Waals surface area contributed by atoms with Gasteiger partial charge in [0.05, 0.1) is 19.3 Å². The summed E-state index contributed by atoms with van der Waals surface area (Å²) in [7, 11) is 0. The van der Waals surface area contributed by atoms with Crippen LogP contribution in [0, 0.1) is 0 Å². The fourth-order valence-corrected chi connectivity index (χ4v) is 2.51. The molecule has 3 heterocycles. The van der Waals surface area contributed by atoms with Gasteiger partial charge in [0.25, 0.3) is 0 Å². The molecule has 2 aromatic rings. The number of halogens is 3. The van der Waals surface area contributed by atoms with Gasteiger partial charge in [-0.05, 0) is 25.5 Å². The zero-order valence-electron chi connectivity index (χ0n) is 14.2. The van der Waals surface area contributed by atoms with E-state index in [9.17, 15) is 13.2 Å². The van der Waals surface area contributed by atoms with Crippen LogP contribution in [0.5, 0.6) is 0 Å². The highest BCUT2D eigenvalue weighted by molar-refractivity contribution is 5.56. The Morgan fingerprint density at radius 1 is 1.38 bits per heavy atom. The molecule has 0 aromatic carbocycles. The minimum atomic E-state index is -4.57. The van der Waals surface area contributed by atoms with Crippen LogP contribution in [-0.4, -0.2) is 46.9 Å². The van der Waals surface area contributed by atoms with Gasteiger partial charge >= 0.3 is 6.18 Å². The average molecular weight is 368 g/mol. The summed E-state index contributed by atoms with van der Waals surface area (Å²) in [6.07, 6.45) is -0.767. The van der Waals surface area contributed by atoms with Crippen LogP contribution in [-0.2, 0) is 15.7 Å². The monoisotopic (exact) mass is 368 g/mol. The number of alkyl halides is 3. The molecule has 9 heteroatoms. The summed E-state index contributed by atoms with van der Waals surface area (Å²) >= 11 is 0. The van der Waals surface area contributed by atoms with Crippen molar-refractivity contribution in [3.05, 3.63) is 36.3 Å². The van der Waals surface area contributed by atoms with Crippen molar-refractivity contribution in [3.8, 4) is 11.4 Å². The maximum atomic E-state index is 13.2. The topological polar surface area (TPSA) is 69.2 Å². The Hall–Kier alpha value is -2.26. The first-order valence-electron chi connectivity index (χ1n) is 8.24. The van der Waals surface area contributed by atoms with E-state index in [0.717, 1.165) is 12.5 Å². The van der Waals surface area contributed by atoms with Crippen molar-refractivity contribution >= 4 is 5.82 Å². The molecule has 1 fully saturated rings. The quantitative estimate of drug-likeness (QED) is 0.845. The smallest absolute Gasteiger partial charge is 0.379 e. The first kappa shape index (κ1) is 18.5. The normalized spacial score (nSPS) is 18.7. The summed E-state index contributed by atoms with van der Waals surface area (Å²) in [5.41, 5.74) is -0.597. The summed E-state index contributed by atoms with van der Waals surface area (Å²) < 4.78 is 50.5. The van der Waals surface area contributed by atoms with Crippen molar-refractivity contribution in [2.75, 3.05) is 25.1 Å². The molecule has 0 saturated carbocycles. The fourth-order valence-electron chi connectivity index (χ4n) is 2.51. The average Bonchev–Trinajstić information content (AvgIpc) is 3.13. The predicted molar refractivity (Wildman–Crippen MR) is 88.5 cm³/mol. The summed E-state index contributed by atoms with van der Waals surface area (Å²) in [6.45, 7) is 3.36. The molecule has 1 N–H and O–H groups in total. The number of aromatic nitrogens is 3. The van der Waals surface area contributed by atoms with Crippen LogP contribution in [0.1, 0.15) is 19.0 Å². The third kappa shape index (κ3) is 4.89. The van der Waals surface area contributed by atoms with Crippen molar-refractivity contribution in [1.82, 2.24) is 15.0 Å². The van der Waals surface area contributed by atoms with Crippen LogP contribution in [0.25, 0.3) is 11.4 Å². The number of pyridine rings is 1. The van der Waals surface area contributed by atoms with Gasteiger partial charge in [-0.2, -0.15) is 13.2 Å². The Balaban J connectivity index is 1.76. The Labute approximate surface area is 148 Å². The molecule has 0 bridgehead atoms. The van der Waals surface area contributed by atoms with E-state index in [1.165, 1.54) is 12.4 Å². The van der Waals surface area contributed by atoms with Crippen LogP contribution in [0.4, 0.5) is 19.0 Å². The van der Waals surface area contributed by atoms with E-state index < -0.39 is 11.9 Å². The van der Waals surface area contributed by atoms with E-state index >= 15 is 0 Å². The number of rotatable bonds is 6. The molecule has 2 atom stereocenters. The molecule has 1 aliphatic rings. The molecule has 1 saturated heterocycles. The molecule has 6 nitrogen and oxygen atoms in total. The van der Waals surface area contributed by atoms with Gasteiger partial charge in [-0.25, -0.2) is 9.97 Å². The molecule has 0 radical (unpaired) electrons. The lowest BCUT2D eigenvalue weighted by molar-refractivity contribution is -0.141. The van der Waals surface area contributed by atoms with E-state index in [1.54, 1.807) is 12.1 Å². The second-order valence-electron chi connectivity index (χ2n) is 6.07. The standard InChI is InChI=1S/C17H19F3N4O2/c1-11(9-26-13-4-6-25-10-13)22-15-7-14(17(18,19)20)23-16(24-15)12-3-2-5-21-8-12/h2-3,5,7-8,11,13H,4,6,9-10H2,1H3,(H,22,23,24). The number of ether oxygens (including phenoxy) is 2. The Bertz CT molecular complexity index is 722. The largest absolute Gasteiger partial charge is 0.433 e. The molecule has 140 valence electrons. The highest BCUT2D eigenvalue weighted by Gasteiger charge is 2.34. The second-order valence-corrected chi connectivity index (χ2v) is 6.07. The van der Waals surface area contributed by atoms with E-state index in [4.69, 9.17) is 9.47 Å². The highest BCUT2D eigenvalue weighted by Crippen LogP contribution is 2.30. The molecule has 0 aliphatic carbocycles. The first-order chi connectivity index (χ1) is 12.4. The van der Waals surface area contributed by atoms with Gasteiger partial charge in [0.15, 0.2) is 11.5 Å². The summed E-state index contributed by atoms with van der Waals surface area (Å²) in [5.74, 6) is 0.0534. The van der Waals surface area contributed by atoms with Gasteiger partial charge in [-0.15, -0.1) is 0 Å². The van der Waals surface area contributed by atoms with Gasteiger partial charge in [0.2, 0.25) is 0 Å². The lowest BCUT2D eigenvalue weighted by atomic mass is 10.2. The molecule has 1 aliphatic heterocycles. The SMILES string of the molecule is CC(COC1CCOC1)Nc1cc(C(F)(F)F)nc(-c2cccnc2)n1. The number of nitrogens with zero attached hydrogens (tertiary/aromatic N) is 3. The summed E-state index contributed by atoms with van der Waals surface area (Å²) in [4.78, 5) is 11.7. The minimum absolute atomic E-state index is 0.0290. The molecule has 0 amide bonds. The number of hydrogen-bond donors (Lipinski definition) is 1. The van der Waals surface area contributed by atoms with Crippen LogP contribution >= 0.6 is 0 Å². The van der Waals surface area contributed by atoms with E-state index in [1.807, 2.05) is 6.92 Å². The summed E-state index contributed by atoms with van der Waals surface area (Å²) in [6, 6.07) is 3.90. The third-order valence-corrected chi connectivity index (χ3v) is 3.80. The van der Waals surface area contributed by atoms with Crippen molar-refractivity contribution in [1.29, 1.82) is 0 Å². The summed E-state index contributed by atoms with van der Waals surface area (Å²) in [5, 5.41) is 2.95. The number of hydrogen-bond acceptors (Lipinski definition) is 6. The zero-order chi connectivity index (χ0) is 18.6.